The van der Waals surface area contributed by atoms with Gasteiger partial charge >= 0.3 is 41.6 Å². The number of alkyl halides is 5. The molecule has 0 fully saturated rings. The van der Waals surface area contributed by atoms with Crippen molar-refractivity contribution in [1.29, 1.82) is 5.26 Å². The van der Waals surface area contributed by atoms with Gasteiger partial charge in [-0.25, -0.2) is 15.0 Å². The third kappa shape index (κ3) is 13.3. The maximum Gasteiger partial charge on any atom is 1.00 e. The minimum absolute atomic E-state index is 0. The van der Waals surface area contributed by atoms with Crippen molar-refractivity contribution in [3.8, 4) is 23.4 Å². The Balaban J connectivity index is 0.000000297. The number of halogens is 5. The Morgan fingerprint density at radius 2 is 1.44 bits per heavy atom. The number of carboxylic acid groups (broad SMARTS) is 1. The molecule has 6 rings (SSSR count). The minimum atomic E-state index is -4.22. The summed E-state index contributed by atoms with van der Waals surface area (Å²) in [5.41, 5.74) is 3.18. The molecule has 0 radical (unpaired) electrons. The third-order valence-corrected chi connectivity index (χ3v) is 6.40. The summed E-state index contributed by atoms with van der Waals surface area (Å²) in [6, 6.07) is 11.5. The molecule has 0 spiro atoms. The van der Waals surface area contributed by atoms with E-state index in [1.165, 1.54) is 25.4 Å². The van der Waals surface area contributed by atoms with Crippen molar-refractivity contribution < 1.29 is 80.8 Å². The minimum Gasteiger partial charge on any atom is -0.543 e. The predicted molar refractivity (Wildman–Crippen MR) is 175 cm³/mol. The average Bonchev–Trinajstić information content (AvgIpc) is 3.81. The molecule has 6 heterocycles. The van der Waals surface area contributed by atoms with Gasteiger partial charge in [0.2, 0.25) is 11.4 Å². The maximum absolute atomic E-state index is 12.2. The molecule has 0 aromatic carbocycles. The zero-order chi connectivity index (χ0) is 39.0. The predicted octanol–water partition coefficient (Wildman–Crippen LogP) is 1.24. The van der Waals surface area contributed by atoms with Gasteiger partial charge in [0.15, 0.2) is 12.6 Å². The fourth-order valence-corrected chi connectivity index (χ4v) is 4.05. The molecule has 0 saturated carbocycles. The van der Waals surface area contributed by atoms with Crippen LogP contribution in [0.15, 0.2) is 90.8 Å². The summed E-state index contributed by atoms with van der Waals surface area (Å²) in [4.78, 5) is 56.8. The van der Waals surface area contributed by atoms with Crippen LogP contribution in [0.4, 0.5) is 17.6 Å². The Kier molecular flexibility index (Phi) is 17.8. The first-order valence-corrected chi connectivity index (χ1v) is 14.9. The van der Waals surface area contributed by atoms with Crippen molar-refractivity contribution in [2.45, 2.75) is 32.1 Å². The van der Waals surface area contributed by atoms with Crippen LogP contribution in [0.3, 0.4) is 0 Å². The number of fused-ring (bicyclic) bond motifs is 2. The van der Waals surface area contributed by atoms with Crippen LogP contribution in [0.5, 0.6) is 17.4 Å². The van der Waals surface area contributed by atoms with E-state index in [4.69, 9.17) is 24.6 Å². The number of pyridine rings is 4. The molecule has 0 aliphatic carbocycles. The normalized spacial score (nSPS) is 10.2. The number of carboxylic acids is 1. The van der Waals surface area contributed by atoms with E-state index in [-0.39, 0.29) is 71.1 Å². The van der Waals surface area contributed by atoms with Crippen LogP contribution in [0.2, 0.25) is 0 Å². The van der Waals surface area contributed by atoms with E-state index in [0.717, 1.165) is 28.5 Å². The number of ether oxygens (including phenoxy) is 3. The summed E-state index contributed by atoms with van der Waals surface area (Å²) in [6.45, 7) is -1.17. The van der Waals surface area contributed by atoms with Crippen LogP contribution in [-0.2, 0) is 18.0 Å². The molecule has 0 amide bonds. The monoisotopic (exact) mass is 781 g/mol. The van der Waals surface area contributed by atoms with Crippen molar-refractivity contribution in [2.75, 3.05) is 0 Å². The molecule has 0 bridgehead atoms. The third-order valence-electron chi connectivity index (χ3n) is 6.25. The molecule has 0 aliphatic rings. The Hall–Kier alpha value is -5.81. The molecule has 21 heteroatoms. The van der Waals surface area contributed by atoms with Crippen LogP contribution < -0.4 is 54.4 Å². The summed E-state index contributed by atoms with van der Waals surface area (Å²) in [5.74, 6) is -2.40. The summed E-state index contributed by atoms with van der Waals surface area (Å²) in [5, 5.41) is 12.1. The summed E-state index contributed by atoms with van der Waals surface area (Å²) < 4.78 is 65.2. The van der Waals surface area contributed by atoms with Gasteiger partial charge in [0, 0.05) is 73.6 Å². The van der Waals surface area contributed by atoms with Crippen molar-refractivity contribution in [2.24, 2.45) is 0 Å². The van der Waals surface area contributed by atoms with Crippen LogP contribution in [-0.4, -0.2) is 59.3 Å². The Labute approximate surface area is 329 Å². The number of imidazole rings is 2. The summed E-state index contributed by atoms with van der Waals surface area (Å²) >= 11 is 3.87. The molecule has 0 unspecified atom stereocenters. The van der Waals surface area contributed by atoms with Gasteiger partial charge in [0.05, 0.1) is 23.4 Å². The number of rotatable bonds is 11. The molecular formula is C33H25ClF4N7NaO8. The van der Waals surface area contributed by atoms with Crippen LogP contribution in [0.25, 0.3) is 11.3 Å². The van der Waals surface area contributed by atoms with Crippen molar-refractivity contribution in [3.63, 3.8) is 0 Å². The van der Waals surface area contributed by atoms with E-state index < -0.39 is 18.0 Å². The number of hydrogen-bond acceptors (Lipinski definition) is 12. The average molecular weight is 782 g/mol. The van der Waals surface area contributed by atoms with Gasteiger partial charge in [0.25, 0.3) is 0 Å². The number of carbonyl (C=O) groups excluding carboxylic acids is 3. The van der Waals surface area contributed by atoms with E-state index in [0.29, 0.717) is 18.3 Å². The summed E-state index contributed by atoms with van der Waals surface area (Å²) in [6.07, 6.45) is 14.4. The number of nitrogens with one attached hydrogen (secondary N) is 1. The Morgan fingerprint density at radius 3 is 1.91 bits per heavy atom. The Morgan fingerprint density at radius 1 is 0.963 bits per heavy atom. The molecule has 1 N–H and O–H groups in total. The van der Waals surface area contributed by atoms with Gasteiger partial charge in [-0.05, 0) is 23.7 Å². The molecule has 6 aromatic rings. The quantitative estimate of drug-likeness (QED) is 0.0853. The van der Waals surface area contributed by atoms with Gasteiger partial charge in [0.1, 0.15) is 42.0 Å². The Bertz CT molecular complexity index is 2260. The zero-order valence-corrected chi connectivity index (χ0v) is 30.8. The van der Waals surface area contributed by atoms with Gasteiger partial charge in [-0.15, -0.1) is 0 Å². The fourth-order valence-electron chi connectivity index (χ4n) is 4.05. The van der Waals surface area contributed by atoms with Crippen LogP contribution in [0.1, 0.15) is 38.8 Å². The molecule has 0 saturated heterocycles. The maximum atomic E-state index is 12.2. The fraction of sp³-hybridized carbons (Fsp3) is 0.152. The summed E-state index contributed by atoms with van der Waals surface area (Å²) in [7, 11) is 0. The number of aldehydes is 2. The van der Waals surface area contributed by atoms with Gasteiger partial charge < -0.3 is 37.9 Å². The molecule has 15 nitrogen and oxygen atoms in total. The largest absolute Gasteiger partial charge is 1.00 e. The molecular weight excluding hydrogens is 757 g/mol. The topological polar surface area (TPSA) is 206 Å². The second-order valence-electron chi connectivity index (χ2n) is 9.76. The number of aliphatic carboxylic acids is 1. The first kappa shape index (κ1) is 44.4. The second-order valence-corrected chi connectivity index (χ2v) is 10.2. The number of aromatic nitrogens is 6. The zero-order valence-electron chi connectivity index (χ0n) is 28.1. The van der Waals surface area contributed by atoms with E-state index in [2.05, 4.69) is 36.3 Å². The van der Waals surface area contributed by atoms with Crippen LogP contribution >= 0.6 is 11.6 Å². The molecule has 276 valence electrons. The van der Waals surface area contributed by atoms with Gasteiger partial charge in [-0.3, -0.25) is 14.4 Å². The van der Waals surface area contributed by atoms with Gasteiger partial charge in [-0.2, -0.15) is 22.8 Å². The molecule has 6 aromatic heterocycles. The number of hydrogen-bond donors (Lipinski definition) is 1. The van der Waals surface area contributed by atoms with E-state index >= 15 is 0 Å². The van der Waals surface area contributed by atoms with E-state index in [1.54, 1.807) is 24.7 Å². The van der Waals surface area contributed by atoms with Gasteiger partial charge in [-0.1, -0.05) is 12.1 Å². The number of H-pyrrole nitrogens is 1. The first-order chi connectivity index (χ1) is 25.3. The molecule has 0 atom stereocenters. The number of carbonyl (C=O) groups is 3. The van der Waals surface area contributed by atoms with Crippen molar-refractivity contribution in [3.05, 3.63) is 119 Å². The second kappa shape index (κ2) is 21.7. The first-order valence-electron chi connectivity index (χ1n) is 14.5. The number of aromatic amines is 1. The smallest absolute Gasteiger partial charge is 0.543 e. The van der Waals surface area contributed by atoms with E-state index in [1.807, 2.05) is 51.7 Å². The van der Waals surface area contributed by atoms with Crippen molar-refractivity contribution >= 4 is 41.4 Å². The molecule has 0 aliphatic heterocycles. The van der Waals surface area contributed by atoms with Crippen LogP contribution in [0, 0.1) is 11.3 Å². The molecule has 54 heavy (non-hydrogen) atoms. The standard InChI is InChI=1S/C15H11F2N3O3.C14H11N3O3.C2HClF2O2.C2H3N.Na/c16-15(17)23-13-6-11(8-21)12(7-19-13)22-9-10-2-1-4-20-5-3-18-14(10)20;18-8-11-6-13(19)16-7-12(11)20-9-10-2-1-4-17-5-3-15-14(10)17;3-2(4,5)1(6)7;1-2-3;/h1-8,15H,9H2;1-8H,9H2,(H,16,19);(H,6,7);1H3;/q;;;;+1/p-1. The van der Waals surface area contributed by atoms with Crippen molar-refractivity contribution in [1.82, 2.24) is 28.7 Å². The number of nitriles is 1. The number of nitrogens with zero attached hydrogens (tertiary/aromatic N) is 6. The SMILES string of the molecule is CC#N.O=C([O-])C(F)(F)Cl.O=Cc1cc(=O)[nH]cc1OCc1cccn2ccnc12.O=Cc1cc(OC(F)F)ncc1OCc1cccn2ccnc12.[Na+]. The van der Waals surface area contributed by atoms with E-state index in [9.17, 15) is 31.9 Å².